The van der Waals surface area contributed by atoms with Gasteiger partial charge in [0.25, 0.3) is 5.91 Å². The first-order chi connectivity index (χ1) is 9.18. The van der Waals surface area contributed by atoms with E-state index in [-0.39, 0.29) is 11.4 Å². The summed E-state index contributed by atoms with van der Waals surface area (Å²) in [6.07, 6.45) is 2.95. The van der Waals surface area contributed by atoms with Gasteiger partial charge in [0, 0.05) is 10.9 Å². The highest BCUT2D eigenvalue weighted by Gasteiger charge is 2.15. The van der Waals surface area contributed by atoms with Gasteiger partial charge < -0.3 is 11.5 Å². The number of hydrogen-bond acceptors (Lipinski definition) is 5. The lowest BCUT2D eigenvalue weighted by molar-refractivity contribution is 0.0996. The number of rotatable bonds is 2. The van der Waals surface area contributed by atoms with E-state index in [0.29, 0.717) is 5.69 Å². The predicted molar refractivity (Wildman–Crippen MR) is 70.0 cm³/mol. The van der Waals surface area contributed by atoms with Crippen LogP contribution in [0.15, 0.2) is 30.7 Å². The molecule has 0 aliphatic rings. The van der Waals surface area contributed by atoms with Crippen LogP contribution in [0.4, 0.5) is 5.69 Å². The van der Waals surface area contributed by atoms with E-state index in [1.165, 1.54) is 6.33 Å². The number of nitrogens with one attached hydrogen (secondary N) is 1. The monoisotopic (exact) mass is 254 g/mol. The number of H-pyrrole nitrogens is 1. The van der Waals surface area contributed by atoms with Crippen LogP contribution in [-0.4, -0.2) is 26.1 Å². The van der Waals surface area contributed by atoms with Gasteiger partial charge in [0.05, 0.1) is 23.1 Å². The van der Waals surface area contributed by atoms with E-state index in [1.807, 2.05) is 18.2 Å². The molecule has 3 rings (SSSR count). The zero-order valence-corrected chi connectivity index (χ0v) is 9.79. The van der Waals surface area contributed by atoms with Crippen molar-refractivity contribution in [1.82, 2.24) is 20.2 Å². The molecule has 0 spiro atoms. The van der Waals surface area contributed by atoms with Crippen molar-refractivity contribution in [3.8, 4) is 11.3 Å². The number of nitrogen functional groups attached to an aromatic ring is 1. The van der Waals surface area contributed by atoms with Crippen LogP contribution < -0.4 is 11.5 Å². The lowest BCUT2D eigenvalue weighted by Crippen LogP contribution is -2.16. The minimum atomic E-state index is -0.680. The normalized spacial score (nSPS) is 10.7. The van der Waals surface area contributed by atoms with Gasteiger partial charge >= 0.3 is 0 Å². The van der Waals surface area contributed by atoms with E-state index in [1.54, 1.807) is 6.20 Å². The van der Waals surface area contributed by atoms with Crippen molar-refractivity contribution in [2.45, 2.75) is 0 Å². The lowest BCUT2D eigenvalue weighted by atomic mass is 10.0. The Morgan fingerprint density at radius 2 is 2.11 bits per heavy atom. The second-order valence-corrected chi connectivity index (χ2v) is 3.99. The Morgan fingerprint density at radius 3 is 2.89 bits per heavy atom. The van der Waals surface area contributed by atoms with Crippen LogP contribution in [0.5, 0.6) is 0 Å². The Morgan fingerprint density at radius 1 is 1.26 bits per heavy atom. The molecular weight excluding hydrogens is 244 g/mol. The fourth-order valence-electron chi connectivity index (χ4n) is 1.98. The van der Waals surface area contributed by atoms with Crippen LogP contribution in [-0.2, 0) is 0 Å². The van der Waals surface area contributed by atoms with E-state index in [4.69, 9.17) is 11.5 Å². The number of amides is 1. The van der Waals surface area contributed by atoms with Crippen LogP contribution in [0.3, 0.4) is 0 Å². The summed E-state index contributed by atoms with van der Waals surface area (Å²) < 4.78 is 0. The molecular formula is C12H10N6O. The zero-order chi connectivity index (χ0) is 13.4. The number of carbonyl (C=O) groups is 1. The molecule has 3 aromatic rings. The highest BCUT2D eigenvalue weighted by Crippen LogP contribution is 2.30. The number of hydrogen-bond donors (Lipinski definition) is 3. The number of nitrogens with two attached hydrogens (primary N) is 2. The number of fused-ring (bicyclic) bond motifs is 1. The Bertz CT molecular complexity index is 779. The van der Waals surface area contributed by atoms with Gasteiger partial charge in [-0.25, -0.2) is 9.97 Å². The van der Waals surface area contributed by atoms with Gasteiger partial charge in [0.15, 0.2) is 5.69 Å². The first-order valence-electron chi connectivity index (χ1n) is 5.51. The molecule has 7 nitrogen and oxygen atoms in total. The minimum absolute atomic E-state index is 0.0190. The zero-order valence-electron chi connectivity index (χ0n) is 9.79. The average Bonchev–Trinajstić information content (AvgIpc) is 2.87. The maximum Gasteiger partial charge on any atom is 0.269 e. The van der Waals surface area contributed by atoms with E-state index in [9.17, 15) is 4.79 Å². The highest BCUT2D eigenvalue weighted by atomic mass is 16.1. The molecule has 1 aromatic carbocycles. The molecule has 0 atom stereocenters. The quantitative estimate of drug-likeness (QED) is 0.621. The molecule has 0 radical (unpaired) electrons. The van der Waals surface area contributed by atoms with Crippen LogP contribution in [0.1, 0.15) is 10.5 Å². The molecule has 0 saturated heterocycles. The van der Waals surface area contributed by atoms with Crippen molar-refractivity contribution in [1.29, 1.82) is 0 Å². The van der Waals surface area contributed by atoms with Gasteiger partial charge in [-0.2, -0.15) is 5.10 Å². The molecule has 0 bridgehead atoms. The van der Waals surface area contributed by atoms with Gasteiger partial charge in [-0.15, -0.1) is 0 Å². The van der Waals surface area contributed by atoms with E-state index in [0.717, 1.165) is 16.5 Å². The maximum absolute atomic E-state index is 11.3. The minimum Gasteiger partial charge on any atom is -0.395 e. The number of primary amides is 1. The Kier molecular flexibility index (Phi) is 2.38. The number of benzene rings is 1. The molecule has 7 heteroatoms. The van der Waals surface area contributed by atoms with Gasteiger partial charge in [0.2, 0.25) is 0 Å². The summed E-state index contributed by atoms with van der Waals surface area (Å²) in [6.45, 7) is 0. The second kappa shape index (κ2) is 4.05. The Balaban J connectivity index is 2.30. The van der Waals surface area contributed by atoms with Crippen molar-refractivity contribution in [2.24, 2.45) is 5.73 Å². The Labute approximate surface area is 107 Å². The number of aromatic nitrogens is 4. The maximum atomic E-state index is 11.3. The summed E-state index contributed by atoms with van der Waals surface area (Å²) in [5.74, 6) is -0.680. The molecule has 2 aromatic heterocycles. The summed E-state index contributed by atoms with van der Waals surface area (Å²) in [6, 6.07) is 5.58. The molecule has 94 valence electrons. The smallest absolute Gasteiger partial charge is 0.269 e. The van der Waals surface area contributed by atoms with Gasteiger partial charge in [-0.1, -0.05) is 12.1 Å². The van der Waals surface area contributed by atoms with E-state index in [2.05, 4.69) is 20.2 Å². The highest BCUT2D eigenvalue weighted by molar-refractivity contribution is 6.02. The average molecular weight is 254 g/mol. The van der Waals surface area contributed by atoms with Crippen LogP contribution in [0.25, 0.3) is 22.2 Å². The molecule has 0 aliphatic heterocycles. The van der Waals surface area contributed by atoms with Gasteiger partial charge in [-0.05, 0) is 6.07 Å². The van der Waals surface area contributed by atoms with Crippen molar-refractivity contribution in [2.75, 3.05) is 5.73 Å². The van der Waals surface area contributed by atoms with Crippen molar-refractivity contribution >= 4 is 22.5 Å². The first kappa shape index (κ1) is 11.1. The fourth-order valence-corrected chi connectivity index (χ4v) is 1.98. The lowest BCUT2D eigenvalue weighted by Gasteiger charge is -2.07. The molecule has 5 N–H and O–H groups in total. The number of nitrogens with zero attached hydrogens (tertiary/aromatic N) is 3. The van der Waals surface area contributed by atoms with E-state index < -0.39 is 5.91 Å². The summed E-state index contributed by atoms with van der Waals surface area (Å²) in [4.78, 5) is 19.2. The van der Waals surface area contributed by atoms with Crippen molar-refractivity contribution in [3.05, 3.63) is 36.4 Å². The summed E-state index contributed by atoms with van der Waals surface area (Å²) in [5, 5.41) is 7.70. The predicted octanol–water partition coefficient (Wildman–Crippen LogP) is 0.701. The largest absolute Gasteiger partial charge is 0.395 e. The molecule has 19 heavy (non-hydrogen) atoms. The number of carbonyl (C=O) groups excluding carboxylic acids is 1. The van der Waals surface area contributed by atoms with Crippen LogP contribution >= 0.6 is 0 Å². The third-order valence-electron chi connectivity index (χ3n) is 2.86. The molecule has 0 unspecified atom stereocenters. The summed E-state index contributed by atoms with van der Waals surface area (Å²) in [7, 11) is 0. The molecule has 2 heterocycles. The molecule has 0 saturated carbocycles. The number of aromatic amines is 1. The standard InChI is InChI=1S/C12H10N6O/c13-9-10(15-5-16-11(9)12(14)19)6-2-1-3-8-7(6)4-17-18-8/h1-5H,13H2,(H2,14,19)(H,17,18). The van der Waals surface area contributed by atoms with Crippen molar-refractivity contribution in [3.63, 3.8) is 0 Å². The van der Waals surface area contributed by atoms with Crippen LogP contribution in [0, 0.1) is 0 Å². The summed E-state index contributed by atoms with van der Waals surface area (Å²) >= 11 is 0. The fraction of sp³-hybridized carbons (Fsp3) is 0. The first-order valence-corrected chi connectivity index (χ1v) is 5.51. The topological polar surface area (TPSA) is 124 Å². The third kappa shape index (κ3) is 1.68. The van der Waals surface area contributed by atoms with Gasteiger partial charge in [0.1, 0.15) is 6.33 Å². The molecule has 1 amide bonds. The third-order valence-corrected chi connectivity index (χ3v) is 2.86. The number of anilines is 1. The SMILES string of the molecule is NC(=O)c1ncnc(-c2cccc3[nH]ncc23)c1N. The summed E-state index contributed by atoms with van der Waals surface area (Å²) in [5.41, 5.74) is 13.4. The molecule has 0 fully saturated rings. The van der Waals surface area contributed by atoms with Gasteiger partial charge in [-0.3, -0.25) is 9.89 Å². The Hall–Kier alpha value is -2.96. The van der Waals surface area contributed by atoms with E-state index >= 15 is 0 Å². The van der Waals surface area contributed by atoms with Crippen molar-refractivity contribution < 1.29 is 4.79 Å². The molecule has 0 aliphatic carbocycles. The second-order valence-electron chi connectivity index (χ2n) is 3.99. The van der Waals surface area contributed by atoms with Crippen LogP contribution in [0.2, 0.25) is 0 Å².